The number of carboxylic acids is 1. The quantitative estimate of drug-likeness (QED) is 0.283. The number of halogens is 2. The fraction of sp³-hybridized carbons (Fsp3) is 0.143. The monoisotopic (exact) mass is 550 g/mol. The molecule has 31 heavy (non-hydrogen) atoms. The number of aliphatic carboxylic acids is 1. The van der Waals surface area contributed by atoms with Gasteiger partial charge in [-0.15, -0.1) is 0 Å². The van der Waals surface area contributed by atoms with E-state index in [0.29, 0.717) is 25.8 Å². The molecule has 0 unspecified atom stereocenters. The zero-order chi connectivity index (χ0) is 23.0. The molecule has 2 N–H and O–H groups in total. The maximum atomic E-state index is 12.5. The number of benzene rings is 2. The van der Waals surface area contributed by atoms with Crippen molar-refractivity contribution in [1.82, 2.24) is 0 Å². The van der Waals surface area contributed by atoms with E-state index in [1.54, 1.807) is 19.1 Å². The van der Waals surface area contributed by atoms with Gasteiger partial charge in [-0.2, -0.15) is 5.26 Å². The van der Waals surface area contributed by atoms with Gasteiger partial charge in [0.1, 0.15) is 17.4 Å². The number of carbonyl (C=O) groups excluding carboxylic acids is 2. The molecule has 2 aromatic carbocycles. The Morgan fingerprint density at radius 3 is 2.29 bits per heavy atom. The average Bonchev–Trinajstić information content (AvgIpc) is 2.71. The standard InChI is InChI=1S/C21H16Br2N2O6/c1-2-30-21(29)13-3-5-15(6-4-13)25-20(28)14(10-24)7-12-8-16(22)19(17(23)9-12)31-11-18(26)27/h3-9H,2,11H2,1H3,(H,25,28)(H,26,27)/b14-7+. The highest BCUT2D eigenvalue weighted by molar-refractivity contribution is 9.11. The Balaban J connectivity index is 2.18. The van der Waals surface area contributed by atoms with Crippen LogP contribution in [0, 0.1) is 11.3 Å². The third kappa shape index (κ3) is 6.94. The van der Waals surface area contributed by atoms with Gasteiger partial charge in [0.05, 0.1) is 21.1 Å². The molecule has 10 heteroatoms. The fourth-order valence-corrected chi connectivity index (χ4v) is 3.80. The van der Waals surface area contributed by atoms with E-state index >= 15 is 0 Å². The van der Waals surface area contributed by atoms with Crippen LogP contribution in [-0.4, -0.2) is 36.2 Å². The topological polar surface area (TPSA) is 126 Å². The molecule has 160 valence electrons. The molecule has 0 aliphatic heterocycles. The molecule has 0 saturated heterocycles. The summed E-state index contributed by atoms with van der Waals surface area (Å²) in [6, 6.07) is 11.1. The van der Waals surface area contributed by atoms with Crippen LogP contribution in [-0.2, 0) is 14.3 Å². The summed E-state index contributed by atoms with van der Waals surface area (Å²) in [6.07, 6.45) is 1.37. The largest absolute Gasteiger partial charge is 0.480 e. The van der Waals surface area contributed by atoms with Crippen molar-refractivity contribution >= 4 is 61.5 Å². The van der Waals surface area contributed by atoms with Crippen LogP contribution in [0.2, 0.25) is 0 Å². The molecule has 2 aromatic rings. The minimum Gasteiger partial charge on any atom is -0.480 e. The Bertz CT molecular complexity index is 1050. The molecule has 0 heterocycles. The first-order valence-corrected chi connectivity index (χ1v) is 10.4. The molecule has 0 aliphatic carbocycles. The van der Waals surface area contributed by atoms with Crippen LogP contribution in [0.15, 0.2) is 50.9 Å². The van der Waals surface area contributed by atoms with Crippen LogP contribution in [0.3, 0.4) is 0 Å². The lowest BCUT2D eigenvalue weighted by Crippen LogP contribution is -2.13. The SMILES string of the molecule is CCOC(=O)c1ccc(NC(=O)/C(C#N)=C/c2cc(Br)c(OCC(=O)O)c(Br)c2)cc1. The van der Waals surface area contributed by atoms with Gasteiger partial charge in [0.15, 0.2) is 6.61 Å². The molecule has 0 aliphatic rings. The van der Waals surface area contributed by atoms with E-state index in [1.807, 2.05) is 6.07 Å². The summed E-state index contributed by atoms with van der Waals surface area (Å²) >= 11 is 6.56. The van der Waals surface area contributed by atoms with Gasteiger partial charge in [0.25, 0.3) is 5.91 Å². The average molecular weight is 552 g/mol. The first-order valence-electron chi connectivity index (χ1n) is 8.79. The third-order valence-electron chi connectivity index (χ3n) is 3.69. The third-order valence-corrected chi connectivity index (χ3v) is 4.87. The van der Waals surface area contributed by atoms with Gasteiger partial charge in [-0.05, 0) is 86.8 Å². The van der Waals surface area contributed by atoms with Crippen molar-refractivity contribution in [2.75, 3.05) is 18.5 Å². The van der Waals surface area contributed by atoms with Gasteiger partial charge in [0, 0.05) is 5.69 Å². The molecule has 2 rings (SSSR count). The number of nitriles is 1. The van der Waals surface area contributed by atoms with Crippen molar-refractivity contribution < 1.29 is 29.0 Å². The molecule has 0 fully saturated rings. The van der Waals surface area contributed by atoms with Crippen LogP contribution in [0.5, 0.6) is 5.75 Å². The molecule has 0 atom stereocenters. The molecule has 0 aromatic heterocycles. The lowest BCUT2D eigenvalue weighted by atomic mass is 10.1. The Kier molecular flexibility index (Phi) is 8.78. The van der Waals surface area contributed by atoms with E-state index in [-0.39, 0.29) is 17.9 Å². The first-order chi connectivity index (χ1) is 14.7. The van der Waals surface area contributed by atoms with Gasteiger partial charge >= 0.3 is 11.9 Å². The van der Waals surface area contributed by atoms with Gasteiger partial charge in [0.2, 0.25) is 0 Å². The van der Waals surface area contributed by atoms with Crippen molar-refractivity contribution in [3.63, 3.8) is 0 Å². The second-order valence-electron chi connectivity index (χ2n) is 5.92. The van der Waals surface area contributed by atoms with Gasteiger partial charge in [-0.3, -0.25) is 4.79 Å². The number of anilines is 1. The predicted molar refractivity (Wildman–Crippen MR) is 120 cm³/mol. The summed E-state index contributed by atoms with van der Waals surface area (Å²) in [5.74, 6) is -1.94. The normalized spacial score (nSPS) is 10.7. The summed E-state index contributed by atoms with van der Waals surface area (Å²) in [5.41, 5.74) is 1.09. The zero-order valence-electron chi connectivity index (χ0n) is 16.1. The summed E-state index contributed by atoms with van der Waals surface area (Å²) in [4.78, 5) is 34.8. The Morgan fingerprint density at radius 1 is 1.16 bits per heavy atom. The molecule has 8 nitrogen and oxygen atoms in total. The van der Waals surface area contributed by atoms with E-state index in [1.165, 1.54) is 30.3 Å². The Hall–Kier alpha value is -3.16. The lowest BCUT2D eigenvalue weighted by Gasteiger charge is -2.10. The minimum atomic E-state index is -1.12. The molecule has 0 spiro atoms. The number of rotatable bonds is 8. The lowest BCUT2D eigenvalue weighted by molar-refractivity contribution is -0.139. The van der Waals surface area contributed by atoms with E-state index in [0.717, 1.165) is 0 Å². The second kappa shape index (κ2) is 11.3. The number of hydrogen-bond acceptors (Lipinski definition) is 6. The van der Waals surface area contributed by atoms with Gasteiger partial charge in [-0.1, -0.05) is 0 Å². The highest BCUT2D eigenvalue weighted by atomic mass is 79.9. The molecule has 0 radical (unpaired) electrons. The maximum absolute atomic E-state index is 12.5. The minimum absolute atomic E-state index is 0.160. The van der Waals surface area contributed by atoms with E-state index in [2.05, 4.69) is 37.2 Å². The summed E-state index contributed by atoms with van der Waals surface area (Å²) in [7, 11) is 0. The Morgan fingerprint density at radius 2 is 1.77 bits per heavy atom. The van der Waals surface area contributed by atoms with E-state index in [4.69, 9.17) is 14.6 Å². The zero-order valence-corrected chi connectivity index (χ0v) is 19.3. The molecule has 0 saturated carbocycles. The van der Waals surface area contributed by atoms with E-state index < -0.39 is 24.5 Å². The number of nitrogens with one attached hydrogen (secondary N) is 1. The second-order valence-corrected chi connectivity index (χ2v) is 7.63. The molecule has 1 amide bonds. The first kappa shape index (κ1) is 24.1. The van der Waals surface area contributed by atoms with Crippen LogP contribution in [0.1, 0.15) is 22.8 Å². The molecule has 0 bridgehead atoms. The molecular weight excluding hydrogens is 536 g/mol. The fourth-order valence-electron chi connectivity index (χ4n) is 2.35. The number of nitrogens with zero attached hydrogens (tertiary/aromatic N) is 1. The smallest absolute Gasteiger partial charge is 0.341 e. The summed E-state index contributed by atoms with van der Waals surface area (Å²) < 4.78 is 11.0. The predicted octanol–water partition coefficient (Wildman–Crippen LogP) is 4.40. The number of carboxylic acid groups (broad SMARTS) is 1. The maximum Gasteiger partial charge on any atom is 0.341 e. The van der Waals surface area contributed by atoms with Crippen molar-refractivity contribution in [2.45, 2.75) is 6.92 Å². The van der Waals surface area contributed by atoms with Crippen molar-refractivity contribution in [2.24, 2.45) is 0 Å². The van der Waals surface area contributed by atoms with Gasteiger partial charge < -0.3 is 19.9 Å². The van der Waals surface area contributed by atoms with Gasteiger partial charge in [-0.25, -0.2) is 9.59 Å². The number of hydrogen-bond donors (Lipinski definition) is 2. The summed E-state index contributed by atoms with van der Waals surface area (Å²) in [6.45, 7) is 1.44. The van der Waals surface area contributed by atoms with Crippen LogP contribution in [0.25, 0.3) is 6.08 Å². The number of ether oxygens (including phenoxy) is 2. The van der Waals surface area contributed by atoms with Crippen LogP contribution < -0.4 is 10.1 Å². The van der Waals surface area contributed by atoms with Crippen molar-refractivity contribution in [3.05, 3.63) is 62.0 Å². The van der Waals surface area contributed by atoms with Crippen molar-refractivity contribution in [3.8, 4) is 11.8 Å². The number of esters is 1. The Labute approximate surface area is 194 Å². The van der Waals surface area contributed by atoms with Crippen molar-refractivity contribution in [1.29, 1.82) is 5.26 Å². The van der Waals surface area contributed by atoms with Crippen LogP contribution in [0.4, 0.5) is 5.69 Å². The number of carbonyl (C=O) groups is 3. The molecular formula is C21H16Br2N2O6. The van der Waals surface area contributed by atoms with Crippen LogP contribution >= 0.6 is 31.9 Å². The highest BCUT2D eigenvalue weighted by Crippen LogP contribution is 2.35. The number of amides is 1. The van der Waals surface area contributed by atoms with E-state index in [9.17, 15) is 19.6 Å². The summed E-state index contributed by atoms with van der Waals surface area (Å²) in [5, 5.41) is 20.7. The highest BCUT2D eigenvalue weighted by Gasteiger charge is 2.14.